The molecule has 12 heavy (non-hydrogen) atoms. The van der Waals surface area contributed by atoms with E-state index in [9.17, 15) is 0 Å². The van der Waals surface area contributed by atoms with Gasteiger partial charge in [0.05, 0.1) is 0 Å². The lowest BCUT2D eigenvalue weighted by Gasteiger charge is -1.90. The average Bonchev–Trinajstić information content (AvgIpc) is 2.10. The summed E-state index contributed by atoms with van der Waals surface area (Å²) >= 11 is 0. The van der Waals surface area contributed by atoms with Crippen molar-refractivity contribution in [3.8, 4) is 23.7 Å². The van der Waals surface area contributed by atoms with Crippen LogP contribution < -0.4 is 0 Å². The third-order valence-corrected chi connectivity index (χ3v) is 1.57. The topological polar surface area (TPSA) is 0 Å². The van der Waals surface area contributed by atoms with Gasteiger partial charge in [-0.1, -0.05) is 45.0 Å². The van der Waals surface area contributed by atoms with Gasteiger partial charge in [0.2, 0.25) is 0 Å². The molecule has 66 valence electrons. The molecule has 0 amide bonds. The van der Waals surface area contributed by atoms with E-state index in [4.69, 9.17) is 0 Å². The molecule has 0 saturated carbocycles. The SMILES string of the molecule is CCC#CC#CCCCCCC. The Morgan fingerprint density at radius 2 is 1.58 bits per heavy atom. The molecule has 0 aliphatic rings. The maximum Gasteiger partial charge on any atom is 0.00989 e. The summed E-state index contributed by atoms with van der Waals surface area (Å²) in [5, 5.41) is 0. The van der Waals surface area contributed by atoms with Gasteiger partial charge in [0.15, 0.2) is 0 Å². The van der Waals surface area contributed by atoms with E-state index >= 15 is 0 Å². The van der Waals surface area contributed by atoms with Crippen LogP contribution in [0.3, 0.4) is 0 Å². The van der Waals surface area contributed by atoms with E-state index in [2.05, 4.69) is 30.6 Å². The molecular formula is C12H18. The second-order valence-corrected chi connectivity index (χ2v) is 2.77. The van der Waals surface area contributed by atoms with Crippen LogP contribution in [0, 0.1) is 23.7 Å². The molecule has 0 radical (unpaired) electrons. The normalized spacial score (nSPS) is 7.83. The molecule has 0 fully saturated rings. The standard InChI is InChI=1S/C12H18/c1-3-5-7-9-11-12-10-8-6-4-2/h3-5,7,9,11H2,1-2H3. The predicted octanol–water partition coefficient (Wildman–Crippen LogP) is 3.37. The molecule has 0 aromatic heterocycles. The minimum atomic E-state index is 0.907. The van der Waals surface area contributed by atoms with Crippen LogP contribution in [0.1, 0.15) is 52.4 Å². The van der Waals surface area contributed by atoms with Crippen LogP contribution >= 0.6 is 0 Å². The molecule has 0 heteroatoms. The first-order valence-corrected chi connectivity index (χ1v) is 4.87. The Hall–Kier alpha value is -0.880. The van der Waals surface area contributed by atoms with Gasteiger partial charge < -0.3 is 0 Å². The molecule has 0 spiro atoms. The van der Waals surface area contributed by atoms with Crippen molar-refractivity contribution in [1.82, 2.24) is 0 Å². The third-order valence-electron chi connectivity index (χ3n) is 1.57. The second-order valence-electron chi connectivity index (χ2n) is 2.77. The third kappa shape index (κ3) is 9.12. The van der Waals surface area contributed by atoms with Crippen molar-refractivity contribution in [3.63, 3.8) is 0 Å². The van der Waals surface area contributed by atoms with Crippen LogP contribution in [-0.4, -0.2) is 0 Å². The summed E-state index contributed by atoms with van der Waals surface area (Å²) in [4.78, 5) is 0. The average molecular weight is 162 g/mol. The van der Waals surface area contributed by atoms with E-state index in [1.807, 2.05) is 6.92 Å². The Labute approximate surface area is 76.8 Å². The van der Waals surface area contributed by atoms with E-state index in [0.29, 0.717) is 0 Å². The fourth-order valence-corrected chi connectivity index (χ4v) is 0.879. The minimum Gasteiger partial charge on any atom is -0.0894 e. The predicted molar refractivity (Wildman–Crippen MR) is 54.6 cm³/mol. The maximum absolute atomic E-state index is 3.06. The molecule has 0 atom stereocenters. The first-order chi connectivity index (χ1) is 5.91. The summed E-state index contributed by atoms with van der Waals surface area (Å²) in [6.45, 7) is 4.26. The van der Waals surface area contributed by atoms with Gasteiger partial charge >= 0.3 is 0 Å². The number of hydrogen-bond donors (Lipinski definition) is 0. The molecule has 0 saturated heterocycles. The van der Waals surface area contributed by atoms with Crippen LogP contribution in [0.25, 0.3) is 0 Å². The zero-order valence-corrected chi connectivity index (χ0v) is 8.24. The largest absolute Gasteiger partial charge is 0.0894 e. The Kier molecular flexibility index (Phi) is 9.38. The first-order valence-electron chi connectivity index (χ1n) is 4.87. The van der Waals surface area contributed by atoms with Crippen molar-refractivity contribution in [2.24, 2.45) is 0 Å². The van der Waals surface area contributed by atoms with Crippen molar-refractivity contribution < 1.29 is 0 Å². The molecule has 0 N–H and O–H groups in total. The highest BCUT2D eigenvalue weighted by atomic mass is 13.9. The maximum atomic E-state index is 3.06. The van der Waals surface area contributed by atoms with Crippen molar-refractivity contribution >= 4 is 0 Å². The van der Waals surface area contributed by atoms with E-state index in [1.54, 1.807) is 0 Å². The summed E-state index contributed by atoms with van der Waals surface area (Å²) in [6, 6.07) is 0. The van der Waals surface area contributed by atoms with E-state index in [1.165, 1.54) is 25.7 Å². The van der Waals surface area contributed by atoms with Gasteiger partial charge in [0.1, 0.15) is 0 Å². The van der Waals surface area contributed by atoms with Gasteiger partial charge in [0, 0.05) is 12.8 Å². The van der Waals surface area contributed by atoms with Gasteiger partial charge in [0.25, 0.3) is 0 Å². The molecule has 0 heterocycles. The van der Waals surface area contributed by atoms with Crippen molar-refractivity contribution in [3.05, 3.63) is 0 Å². The van der Waals surface area contributed by atoms with E-state index in [-0.39, 0.29) is 0 Å². The number of hydrogen-bond acceptors (Lipinski definition) is 0. The van der Waals surface area contributed by atoms with Gasteiger partial charge in [-0.25, -0.2) is 0 Å². The number of unbranched alkanes of at least 4 members (excludes halogenated alkanes) is 4. The highest BCUT2D eigenvalue weighted by Gasteiger charge is 1.82. The highest BCUT2D eigenvalue weighted by molar-refractivity contribution is 5.25. The molecule has 0 aromatic rings. The Morgan fingerprint density at radius 3 is 2.25 bits per heavy atom. The monoisotopic (exact) mass is 162 g/mol. The highest BCUT2D eigenvalue weighted by Crippen LogP contribution is 2.00. The zero-order valence-electron chi connectivity index (χ0n) is 8.24. The summed E-state index contributed by atoms with van der Waals surface area (Å²) < 4.78 is 0. The van der Waals surface area contributed by atoms with Gasteiger partial charge in [-0.3, -0.25) is 0 Å². The van der Waals surface area contributed by atoms with Crippen molar-refractivity contribution in [2.45, 2.75) is 52.4 Å². The lowest BCUT2D eigenvalue weighted by molar-refractivity contribution is 0.680. The second kappa shape index (κ2) is 10.1. The van der Waals surface area contributed by atoms with Crippen LogP contribution in [-0.2, 0) is 0 Å². The minimum absolute atomic E-state index is 0.907. The lowest BCUT2D eigenvalue weighted by atomic mass is 10.2. The number of rotatable bonds is 4. The van der Waals surface area contributed by atoms with Crippen LogP contribution in [0.15, 0.2) is 0 Å². The Balaban J connectivity index is 3.21. The van der Waals surface area contributed by atoms with E-state index < -0.39 is 0 Å². The zero-order chi connectivity index (χ0) is 9.07. The summed E-state index contributed by atoms with van der Waals surface area (Å²) in [6.07, 6.45) is 7.09. The van der Waals surface area contributed by atoms with E-state index in [0.717, 1.165) is 12.8 Å². The van der Waals surface area contributed by atoms with Gasteiger partial charge in [-0.05, 0) is 18.3 Å². The Bertz CT molecular complexity index is 192. The molecule has 0 rings (SSSR count). The van der Waals surface area contributed by atoms with Gasteiger partial charge in [-0.15, -0.1) is 0 Å². The van der Waals surface area contributed by atoms with Crippen molar-refractivity contribution in [2.75, 3.05) is 0 Å². The summed E-state index contributed by atoms with van der Waals surface area (Å²) in [5.74, 6) is 11.6. The molecule has 0 aliphatic carbocycles. The molecular weight excluding hydrogens is 144 g/mol. The van der Waals surface area contributed by atoms with Crippen LogP contribution in [0.2, 0.25) is 0 Å². The van der Waals surface area contributed by atoms with Crippen LogP contribution in [0.5, 0.6) is 0 Å². The molecule has 0 bridgehead atoms. The fourth-order valence-electron chi connectivity index (χ4n) is 0.879. The van der Waals surface area contributed by atoms with Gasteiger partial charge in [-0.2, -0.15) is 0 Å². The quantitative estimate of drug-likeness (QED) is 0.439. The first kappa shape index (κ1) is 11.1. The lowest BCUT2D eigenvalue weighted by Crippen LogP contribution is -1.73. The van der Waals surface area contributed by atoms with Crippen LogP contribution in [0.4, 0.5) is 0 Å². The molecule has 0 aromatic carbocycles. The summed E-state index contributed by atoms with van der Waals surface area (Å²) in [5.41, 5.74) is 0. The molecule has 0 unspecified atom stereocenters. The van der Waals surface area contributed by atoms with Crippen molar-refractivity contribution in [1.29, 1.82) is 0 Å². The fraction of sp³-hybridized carbons (Fsp3) is 0.667. The molecule has 0 aliphatic heterocycles. The smallest absolute Gasteiger partial charge is 0.00989 e. The Morgan fingerprint density at radius 1 is 0.833 bits per heavy atom. The summed E-state index contributed by atoms with van der Waals surface area (Å²) in [7, 11) is 0. The molecule has 0 nitrogen and oxygen atoms in total.